The molecule has 82 valence electrons. The first-order valence-electron chi connectivity index (χ1n) is 4.96. The second kappa shape index (κ2) is 4.61. The normalized spacial score (nSPS) is 13.9. The van der Waals surface area contributed by atoms with E-state index in [0.29, 0.717) is 17.9 Å². The van der Waals surface area contributed by atoms with Crippen molar-refractivity contribution in [2.75, 3.05) is 18.6 Å². The van der Waals surface area contributed by atoms with Gasteiger partial charge in [0.1, 0.15) is 11.4 Å². The lowest BCUT2D eigenvalue weighted by Crippen LogP contribution is -2.21. The van der Waals surface area contributed by atoms with Gasteiger partial charge >= 0.3 is 5.97 Å². The second-order valence-electron chi connectivity index (χ2n) is 3.29. The third-order valence-electron chi connectivity index (χ3n) is 2.28. The van der Waals surface area contributed by atoms with Crippen molar-refractivity contribution in [3.63, 3.8) is 0 Å². The summed E-state index contributed by atoms with van der Waals surface area (Å²) < 4.78 is 4.72. The van der Waals surface area contributed by atoms with E-state index in [-0.39, 0.29) is 5.97 Å². The molecular weight excluding hydrogens is 204 g/mol. The summed E-state index contributed by atoms with van der Waals surface area (Å²) in [5, 5.41) is 0. The van der Waals surface area contributed by atoms with Gasteiger partial charge in [-0.05, 0) is 18.2 Å². The highest BCUT2D eigenvalue weighted by atomic mass is 16.5. The zero-order valence-corrected chi connectivity index (χ0v) is 8.96. The first kappa shape index (κ1) is 10.4. The molecule has 1 aliphatic heterocycles. The summed E-state index contributed by atoms with van der Waals surface area (Å²) in [5.41, 5.74) is 0.477. The molecule has 0 aromatic carbocycles. The van der Waals surface area contributed by atoms with Gasteiger partial charge in [-0.15, -0.1) is 0 Å². The lowest BCUT2D eigenvalue weighted by atomic mass is 10.2. The van der Waals surface area contributed by atoms with Crippen LogP contribution in [0.15, 0.2) is 42.8 Å². The van der Waals surface area contributed by atoms with Crippen molar-refractivity contribution in [1.29, 1.82) is 0 Å². The zero-order chi connectivity index (χ0) is 11.4. The molecule has 0 atom stereocenters. The molecular formula is C12H12N2O2. The van der Waals surface area contributed by atoms with Crippen LogP contribution in [0.2, 0.25) is 0 Å². The van der Waals surface area contributed by atoms with Gasteiger partial charge in [-0.2, -0.15) is 0 Å². The van der Waals surface area contributed by atoms with Gasteiger partial charge in [-0.25, -0.2) is 9.78 Å². The largest absolute Gasteiger partial charge is 0.465 e. The van der Waals surface area contributed by atoms with E-state index in [4.69, 9.17) is 4.74 Å². The molecule has 4 heteroatoms. The van der Waals surface area contributed by atoms with Gasteiger partial charge in [0.05, 0.1) is 7.11 Å². The Kier molecular flexibility index (Phi) is 3.00. The molecule has 0 radical (unpaired) electrons. The number of rotatable bonds is 2. The van der Waals surface area contributed by atoms with E-state index in [1.807, 2.05) is 29.3 Å². The molecule has 0 aliphatic carbocycles. The lowest BCUT2D eigenvalue weighted by molar-refractivity contribution is 0.0601. The number of pyridine rings is 1. The molecule has 1 aromatic rings. The Labute approximate surface area is 93.9 Å². The molecule has 0 saturated heterocycles. The fourth-order valence-corrected chi connectivity index (χ4v) is 1.52. The van der Waals surface area contributed by atoms with Crippen LogP contribution in [-0.2, 0) is 4.74 Å². The van der Waals surface area contributed by atoms with Crippen molar-refractivity contribution in [2.24, 2.45) is 0 Å². The van der Waals surface area contributed by atoms with Gasteiger partial charge in [0.25, 0.3) is 0 Å². The number of ether oxygens (including phenoxy) is 1. The van der Waals surface area contributed by atoms with Gasteiger partial charge in [0, 0.05) is 18.9 Å². The van der Waals surface area contributed by atoms with Gasteiger partial charge in [-0.1, -0.05) is 12.2 Å². The van der Waals surface area contributed by atoms with Gasteiger partial charge in [0.15, 0.2) is 0 Å². The zero-order valence-electron chi connectivity index (χ0n) is 8.96. The number of anilines is 1. The molecule has 0 saturated carbocycles. The van der Waals surface area contributed by atoms with Crippen molar-refractivity contribution in [3.05, 3.63) is 48.3 Å². The van der Waals surface area contributed by atoms with Crippen LogP contribution in [0.25, 0.3) is 0 Å². The number of carbonyl (C=O) groups excluding carboxylic acids is 1. The predicted octanol–water partition coefficient (Wildman–Crippen LogP) is 1.76. The van der Waals surface area contributed by atoms with E-state index in [0.717, 1.165) is 0 Å². The summed E-state index contributed by atoms with van der Waals surface area (Å²) in [6.07, 6.45) is 9.40. The number of aromatic nitrogens is 1. The van der Waals surface area contributed by atoms with Crippen molar-refractivity contribution < 1.29 is 9.53 Å². The first-order chi connectivity index (χ1) is 7.83. The number of esters is 1. The molecule has 0 unspecified atom stereocenters. The monoisotopic (exact) mass is 216 g/mol. The molecule has 0 amide bonds. The number of allylic oxidation sites excluding steroid dienone is 2. The van der Waals surface area contributed by atoms with E-state index in [2.05, 4.69) is 4.98 Å². The van der Waals surface area contributed by atoms with Crippen molar-refractivity contribution in [2.45, 2.75) is 0 Å². The third kappa shape index (κ3) is 1.95. The second-order valence-corrected chi connectivity index (χ2v) is 3.29. The Morgan fingerprint density at radius 1 is 1.50 bits per heavy atom. The Balaban J connectivity index is 2.36. The lowest BCUT2D eigenvalue weighted by Gasteiger charge is -2.21. The topological polar surface area (TPSA) is 42.4 Å². The third-order valence-corrected chi connectivity index (χ3v) is 2.28. The van der Waals surface area contributed by atoms with Gasteiger partial charge < -0.3 is 9.64 Å². The smallest absolute Gasteiger partial charge is 0.341 e. The molecule has 2 heterocycles. The van der Waals surface area contributed by atoms with E-state index < -0.39 is 0 Å². The Hall–Kier alpha value is -2.10. The average Bonchev–Trinajstić information content (AvgIpc) is 2.39. The maximum Gasteiger partial charge on any atom is 0.341 e. The van der Waals surface area contributed by atoms with Crippen LogP contribution in [-0.4, -0.2) is 24.6 Å². The van der Waals surface area contributed by atoms with E-state index >= 15 is 0 Å². The van der Waals surface area contributed by atoms with E-state index in [1.54, 1.807) is 18.3 Å². The van der Waals surface area contributed by atoms with Gasteiger partial charge in [-0.3, -0.25) is 0 Å². The molecule has 16 heavy (non-hydrogen) atoms. The highest BCUT2D eigenvalue weighted by Crippen LogP contribution is 2.19. The minimum absolute atomic E-state index is 0.369. The first-order valence-corrected chi connectivity index (χ1v) is 4.96. The predicted molar refractivity (Wildman–Crippen MR) is 61.2 cm³/mol. The van der Waals surface area contributed by atoms with Crippen LogP contribution in [0.1, 0.15) is 10.4 Å². The highest BCUT2D eigenvalue weighted by Gasteiger charge is 2.16. The molecule has 0 N–H and O–H groups in total. The fourth-order valence-electron chi connectivity index (χ4n) is 1.52. The maximum atomic E-state index is 11.5. The highest BCUT2D eigenvalue weighted by molar-refractivity contribution is 5.94. The number of nitrogens with zero attached hydrogens (tertiary/aromatic N) is 2. The van der Waals surface area contributed by atoms with Crippen molar-refractivity contribution in [1.82, 2.24) is 4.98 Å². The summed E-state index contributed by atoms with van der Waals surface area (Å²) >= 11 is 0. The molecule has 0 bridgehead atoms. The summed E-state index contributed by atoms with van der Waals surface area (Å²) in [5.74, 6) is 0.251. The van der Waals surface area contributed by atoms with Crippen LogP contribution in [0.5, 0.6) is 0 Å². The summed E-state index contributed by atoms with van der Waals surface area (Å²) in [4.78, 5) is 17.7. The van der Waals surface area contributed by atoms with Crippen LogP contribution in [0.3, 0.4) is 0 Å². The van der Waals surface area contributed by atoms with Gasteiger partial charge in [0.2, 0.25) is 0 Å². The standard InChI is InChI=1S/C12H12N2O2/c1-16-12(15)10-6-5-7-13-11(10)14-8-3-2-4-9-14/h2-8H,9H2,1H3. The maximum absolute atomic E-state index is 11.5. The fraction of sp³-hybridized carbons (Fsp3) is 0.167. The minimum Gasteiger partial charge on any atom is -0.465 e. The summed E-state index contributed by atoms with van der Waals surface area (Å²) in [6.45, 7) is 0.706. The molecule has 1 aromatic heterocycles. The van der Waals surface area contributed by atoms with Crippen molar-refractivity contribution in [3.8, 4) is 0 Å². The van der Waals surface area contributed by atoms with Crippen LogP contribution >= 0.6 is 0 Å². The quantitative estimate of drug-likeness (QED) is 0.706. The molecule has 0 fully saturated rings. The number of methoxy groups -OCH3 is 1. The van der Waals surface area contributed by atoms with E-state index in [9.17, 15) is 4.79 Å². The number of hydrogen-bond acceptors (Lipinski definition) is 4. The number of carbonyl (C=O) groups is 1. The SMILES string of the molecule is COC(=O)c1cccnc1N1C=CC=CC1. The van der Waals surface area contributed by atoms with Crippen LogP contribution in [0, 0.1) is 0 Å². The summed E-state index contributed by atoms with van der Waals surface area (Å²) in [7, 11) is 1.37. The Morgan fingerprint density at radius 3 is 3.06 bits per heavy atom. The Morgan fingerprint density at radius 2 is 2.38 bits per heavy atom. The molecule has 2 rings (SSSR count). The summed E-state index contributed by atoms with van der Waals surface area (Å²) in [6, 6.07) is 3.43. The molecule has 0 spiro atoms. The van der Waals surface area contributed by atoms with Crippen LogP contribution < -0.4 is 4.90 Å². The van der Waals surface area contributed by atoms with Crippen LogP contribution in [0.4, 0.5) is 5.82 Å². The minimum atomic E-state index is -0.369. The molecule has 1 aliphatic rings. The number of hydrogen-bond donors (Lipinski definition) is 0. The van der Waals surface area contributed by atoms with E-state index in [1.165, 1.54) is 7.11 Å². The Bertz CT molecular complexity index is 452. The van der Waals surface area contributed by atoms with Crippen molar-refractivity contribution >= 4 is 11.8 Å². The average molecular weight is 216 g/mol. The molecule has 4 nitrogen and oxygen atoms in total.